The highest BCUT2D eigenvalue weighted by molar-refractivity contribution is 5.43. The molecule has 2 heterocycles. The molecule has 1 fully saturated rings. The second-order valence-corrected chi connectivity index (χ2v) is 5.01. The SMILES string of the molecule is CCOc1cc(N2CCC(OC)CC2CN)nc(C)n1. The smallest absolute Gasteiger partial charge is 0.218 e. The molecule has 1 saturated heterocycles. The van der Waals surface area contributed by atoms with Crippen LogP contribution >= 0.6 is 0 Å². The van der Waals surface area contributed by atoms with E-state index in [2.05, 4.69) is 14.9 Å². The van der Waals surface area contributed by atoms with Gasteiger partial charge in [-0.25, -0.2) is 4.98 Å². The number of hydrogen-bond acceptors (Lipinski definition) is 6. The summed E-state index contributed by atoms with van der Waals surface area (Å²) in [5.41, 5.74) is 5.91. The van der Waals surface area contributed by atoms with Crippen molar-refractivity contribution in [1.29, 1.82) is 0 Å². The van der Waals surface area contributed by atoms with Gasteiger partial charge >= 0.3 is 0 Å². The third-order valence-corrected chi connectivity index (χ3v) is 3.66. The maximum Gasteiger partial charge on any atom is 0.218 e. The molecule has 2 unspecified atom stereocenters. The van der Waals surface area contributed by atoms with Crippen LogP contribution in [-0.4, -0.2) is 48.9 Å². The molecule has 2 N–H and O–H groups in total. The van der Waals surface area contributed by atoms with E-state index in [1.54, 1.807) is 7.11 Å². The van der Waals surface area contributed by atoms with Crippen molar-refractivity contribution in [2.24, 2.45) is 5.73 Å². The highest BCUT2D eigenvalue weighted by atomic mass is 16.5. The predicted octanol–water partition coefficient (Wildman–Crippen LogP) is 1.13. The van der Waals surface area contributed by atoms with E-state index in [0.717, 1.165) is 31.0 Å². The van der Waals surface area contributed by atoms with Crippen LogP contribution in [0.5, 0.6) is 5.88 Å². The topological polar surface area (TPSA) is 73.5 Å². The van der Waals surface area contributed by atoms with Gasteiger partial charge in [0.05, 0.1) is 12.7 Å². The van der Waals surface area contributed by atoms with Gasteiger partial charge in [-0.2, -0.15) is 4.98 Å². The third kappa shape index (κ3) is 3.37. The minimum atomic E-state index is 0.248. The highest BCUT2D eigenvalue weighted by Crippen LogP contribution is 2.26. The number of rotatable bonds is 5. The fraction of sp³-hybridized carbons (Fsp3) is 0.714. The summed E-state index contributed by atoms with van der Waals surface area (Å²) in [7, 11) is 1.76. The Labute approximate surface area is 120 Å². The number of nitrogens with zero attached hydrogens (tertiary/aromatic N) is 3. The fourth-order valence-electron chi connectivity index (χ4n) is 2.65. The summed E-state index contributed by atoms with van der Waals surface area (Å²) in [6, 6.07) is 2.14. The lowest BCUT2D eigenvalue weighted by molar-refractivity contribution is 0.0707. The Hall–Kier alpha value is -1.40. The van der Waals surface area contributed by atoms with Crippen LogP contribution in [0.25, 0.3) is 0 Å². The summed E-state index contributed by atoms with van der Waals surface area (Å²) in [6.45, 7) is 5.91. The van der Waals surface area contributed by atoms with Gasteiger partial charge in [0.15, 0.2) is 0 Å². The van der Waals surface area contributed by atoms with Crippen molar-refractivity contribution in [3.05, 3.63) is 11.9 Å². The molecule has 0 spiro atoms. The van der Waals surface area contributed by atoms with E-state index in [1.165, 1.54) is 0 Å². The second kappa shape index (κ2) is 6.85. The number of aryl methyl sites for hydroxylation is 1. The van der Waals surface area contributed by atoms with Crippen molar-refractivity contribution in [2.75, 3.05) is 31.7 Å². The lowest BCUT2D eigenvalue weighted by Crippen LogP contribution is -2.49. The Morgan fingerprint density at radius 2 is 2.25 bits per heavy atom. The summed E-state index contributed by atoms with van der Waals surface area (Å²) >= 11 is 0. The first-order chi connectivity index (χ1) is 9.67. The Balaban J connectivity index is 2.21. The first-order valence-corrected chi connectivity index (χ1v) is 7.15. The Kier molecular flexibility index (Phi) is 5.14. The predicted molar refractivity (Wildman–Crippen MR) is 78.2 cm³/mol. The van der Waals surface area contributed by atoms with Gasteiger partial charge in [0.25, 0.3) is 0 Å². The molecule has 2 rings (SSSR count). The van der Waals surface area contributed by atoms with Crippen molar-refractivity contribution >= 4 is 5.82 Å². The van der Waals surface area contributed by atoms with Crippen molar-refractivity contribution in [2.45, 2.75) is 38.8 Å². The zero-order chi connectivity index (χ0) is 14.5. The standard InChI is InChI=1S/C14H24N4O2/c1-4-20-14-8-13(16-10(2)17-14)18-6-5-12(19-3)7-11(18)9-15/h8,11-12H,4-7,9,15H2,1-3H3. The molecule has 1 aromatic heterocycles. The molecule has 0 bridgehead atoms. The molecule has 2 atom stereocenters. The van der Waals surface area contributed by atoms with E-state index in [-0.39, 0.29) is 12.1 Å². The van der Waals surface area contributed by atoms with E-state index in [0.29, 0.717) is 19.0 Å². The number of aromatic nitrogens is 2. The largest absolute Gasteiger partial charge is 0.478 e. The Bertz CT molecular complexity index is 441. The molecule has 1 aliphatic heterocycles. The Morgan fingerprint density at radius 1 is 1.45 bits per heavy atom. The quantitative estimate of drug-likeness (QED) is 0.871. The summed E-state index contributed by atoms with van der Waals surface area (Å²) < 4.78 is 10.9. The van der Waals surface area contributed by atoms with Crippen LogP contribution in [-0.2, 0) is 4.74 Å². The lowest BCUT2D eigenvalue weighted by atomic mass is 9.99. The van der Waals surface area contributed by atoms with Crippen molar-refractivity contribution in [1.82, 2.24) is 9.97 Å². The summed E-state index contributed by atoms with van der Waals surface area (Å²) in [4.78, 5) is 11.1. The number of ether oxygens (including phenoxy) is 2. The molecule has 6 nitrogen and oxygen atoms in total. The van der Waals surface area contributed by atoms with Gasteiger partial charge in [-0.15, -0.1) is 0 Å². The van der Waals surface area contributed by atoms with Crippen LogP contribution in [0.15, 0.2) is 6.07 Å². The molecule has 6 heteroatoms. The highest BCUT2D eigenvalue weighted by Gasteiger charge is 2.28. The average molecular weight is 280 g/mol. The second-order valence-electron chi connectivity index (χ2n) is 5.01. The van der Waals surface area contributed by atoms with E-state index in [4.69, 9.17) is 15.2 Å². The molecule has 0 aromatic carbocycles. The van der Waals surface area contributed by atoms with E-state index in [9.17, 15) is 0 Å². The molecule has 1 aromatic rings. The average Bonchev–Trinajstić information content (AvgIpc) is 2.46. The van der Waals surface area contributed by atoms with E-state index < -0.39 is 0 Å². The summed E-state index contributed by atoms with van der Waals surface area (Å²) in [5, 5.41) is 0. The van der Waals surface area contributed by atoms with Gasteiger partial charge in [0, 0.05) is 32.3 Å². The minimum Gasteiger partial charge on any atom is -0.478 e. The summed E-state index contributed by atoms with van der Waals surface area (Å²) in [6.07, 6.45) is 2.20. The van der Waals surface area contributed by atoms with Crippen LogP contribution < -0.4 is 15.4 Å². The van der Waals surface area contributed by atoms with E-state index in [1.807, 2.05) is 19.9 Å². The number of anilines is 1. The zero-order valence-electron chi connectivity index (χ0n) is 12.5. The van der Waals surface area contributed by atoms with Crippen LogP contribution in [0, 0.1) is 6.92 Å². The molecule has 0 amide bonds. The molecule has 0 aliphatic carbocycles. The van der Waals surface area contributed by atoms with Gasteiger partial charge in [0.1, 0.15) is 11.6 Å². The number of methoxy groups -OCH3 is 1. The first-order valence-electron chi connectivity index (χ1n) is 7.15. The monoisotopic (exact) mass is 280 g/mol. The lowest BCUT2D eigenvalue weighted by Gasteiger charge is -2.39. The summed E-state index contributed by atoms with van der Waals surface area (Å²) in [5.74, 6) is 2.24. The van der Waals surface area contributed by atoms with Gasteiger partial charge in [-0.3, -0.25) is 0 Å². The maximum atomic E-state index is 5.91. The Morgan fingerprint density at radius 3 is 2.90 bits per heavy atom. The van der Waals surface area contributed by atoms with Crippen LogP contribution in [0.1, 0.15) is 25.6 Å². The van der Waals surface area contributed by atoms with Crippen molar-refractivity contribution in [3.63, 3.8) is 0 Å². The molecule has 112 valence electrons. The first kappa shape index (κ1) is 15.0. The van der Waals surface area contributed by atoms with Gasteiger partial charge in [0.2, 0.25) is 5.88 Å². The van der Waals surface area contributed by atoms with Crippen LogP contribution in [0.2, 0.25) is 0 Å². The number of hydrogen-bond donors (Lipinski definition) is 1. The van der Waals surface area contributed by atoms with Crippen LogP contribution in [0.4, 0.5) is 5.82 Å². The molecule has 1 aliphatic rings. The number of nitrogens with two attached hydrogens (primary N) is 1. The van der Waals surface area contributed by atoms with Crippen molar-refractivity contribution < 1.29 is 9.47 Å². The molecule has 0 radical (unpaired) electrons. The van der Waals surface area contributed by atoms with E-state index >= 15 is 0 Å². The molecule has 20 heavy (non-hydrogen) atoms. The normalized spacial score (nSPS) is 22.9. The van der Waals surface area contributed by atoms with Crippen LogP contribution in [0.3, 0.4) is 0 Å². The van der Waals surface area contributed by atoms with Gasteiger partial charge in [-0.05, 0) is 26.7 Å². The fourth-order valence-corrected chi connectivity index (χ4v) is 2.65. The number of piperidine rings is 1. The molecular weight excluding hydrogens is 256 g/mol. The maximum absolute atomic E-state index is 5.91. The molecular formula is C14H24N4O2. The van der Waals surface area contributed by atoms with Gasteiger partial charge < -0.3 is 20.1 Å². The third-order valence-electron chi connectivity index (χ3n) is 3.66. The molecule has 0 saturated carbocycles. The minimum absolute atomic E-state index is 0.248. The zero-order valence-corrected chi connectivity index (χ0v) is 12.5. The van der Waals surface area contributed by atoms with Gasteiger partial charge in [-0.1, -0.05) is 0 Å². The van der Waals surface area contributed by atoms with Crippen molar-refractivity contribution in [3.8, 4) is 5.88 Å².